The fourth-order valence-corrected chi connectivity index (χ4v) is 0.986. The SMILES string of the molecule is Cn1cc(C#Cc2cnccn2)cn1. The first kappa shape index (κ1) is 8.45. The summed E-state index contributed by atoms with van der Waals surface area (Å²) in [4.78, 5) is 7.95. The normalized spacial score (nSPS) is 9.21. The molecule has 0 saturated heterocycles. The Labute approximate surface area is 81.6 Å². The highest BCUT2D eigenvalue weighted by Crippen LogP contribution is 1.93. The van der Waals surface area contributed by atoms with Crippen molar-refractivity contribution in [3.63, 3.8) is 0 Å². The van der Waals surface area contributed by atoms with E-state index < -0.39 is 0 Å². The topological polar surface area (TPSA) is 43.6 Å². The van der Waals surface area contributed by atoms with E-state index in [1.165, 1.54) is 0 Å². The van der Waals surface area contributed by atoms with Crippen molar-refractivity contribution in [2.24, 2.45) is 7.05 Å². The van der Waals surface area contributed by atoms with Crippen LogP contribution in [0.15, 0.2) is 31.0 Å². The maximum atomic E-state index is 4.04. The van der Waals surface area contributed by atoms with Gasteiger partial charge in [0.15, 0.2) is 0 Å². The van der Waals surface area contributed by atoms with Gasteiger partial charge in [-0.2, -0.15) is 5.10 Å². The number of rotatable bonds is 0. The number of hydrogen-bond donors (Lipinski definition) is 0. The van der Waals surface area contributed by atoms with E-state index in [9.17, 15) is 0 Å². The lowest BCUT2D eigenvalue weighted by atomic mass is 10.3. The largest absolute Gasteiger partial charge is 0.275 e. The molecule has 0 atom stereocenters. The highest BCUT2D eigenvalue weighted by atomic mass is 15.2. The van der Waals surface area contributed by atoms with Crippen LogP contribution in [0.1, 0.15) is 11.3 Å². The van der Waals surface area contributed by atoms with Crippen LogP contribution in [0.5, 0.6) is 0 Å². The summed E-state index contributed by atoms with van der Waals surface area (Å²) in [6.07, 6.45) is 8.43. The van der Waals surface area contributed by atoms with Crippen LogP contribution in [-0.2, 0) is 7.05 Å². The first-order valence-electron chi connectivity index (χ1n) is 4.11. The van der Waals surface area contributed by atoms with Crippen LogP contribution in [0.2, 0.25) is 0 Å². The lowest BCUT2D eigenvalue weighted by Gasteiger charge is -1.84. The third-order valence-electron chi connectivity index (χ3n) is 1.60. The molecule has 0 aromatic carbocycles. The summed E-state index contributed by atoms with van der Waals surface area (Å²) in [5, 5.41) is 4.01. The summed E-state index contributed by atoms with van der Waals surface area (Å²) >= 11 is 0. The molecule has 0 fully saturated rings. The van der Waals surface area contributed by atoms with Gasteiger partial charge < -0.3 is 0 Å². The molecule has 4 nitrogen and oxygen atoms in total. The molecule has 0 aliphatic carbocycles. The minimum absolute atomic E-state index is 0.663. The van der Waals surface area contributed by atoms with Crippen LogP contribution in [0, 0.1) is 11.8 Å². The van der Waals surface area contributed by atoms with Crippen LogP contribution in [-0.4, -0.2) is 19.7 Å². The van der Waals surface area contributed by atoms with Gasteiger partial charge in [-0.15, -0.1) is 0 Å². The first-order valence-corrected chi connectivity index (χ1v) is 4.11. The summed E-state index contributed by atoms with van der Waals surface area (Å²) < 4.78 is 1.71. The molecule has 0 spiro atoms. The van der Waals surface area contributed by atoms with Crippen LogP contribution in [0.3, 0.4) is 0 Å². The maximum absolute atomic E-state index is 4.04. The van der Waals surface area contributed by atoms with Crippen molar-refractivity contribution < 1.29 is 0 Å². The summed E-state index contributed by atoms with van der Waals surface area (Å²) in [7, 11) is 1.85. The number of aryl methyl sites for hydroxylation is 1. The number of aromatic nitrogens is 4. The van der Waals surface area contributed by atoms with Gasteiger partial charge in [0, 0.05) is 25.6 Å². The van der Waals surface area contributed by atoms with Gasteiger partial charge in [-0.25, -0.2) is 4.98 Å². The van der Waals surface area contributed by atoms with E-state index in [1.807, 2.05) is 13.2 Å². The molecule has 2 heterocycles. The van der Waals surface area contributed by atoms with Crippen molar-refractivity contribution in [2.45, 2.75) is 0 Å². The molecule has 0 bridgehead atoms. The standard InChI is InChI=1S/C10H8N4/c1-14-8-9(6-13-14)2-3-10-7-11-4-5-12-10/h4-8H,1H3. The van der Waals surface area contributed by atoms with Crippen LogP contribution in [0.25, 0.3) is 0 Å². The zero-order valence-electron chi connectivity index (χ0n) is 7.68. The van der Waals surface area contributed by atoms with E-state index in [0.717, 1.165) is 5.56 Å². The highest BCUT2D eigenvalue weighted by Gasteiger charge is 1.89. The molecule has 0 radical (unpaired) electrons. The number of hydrogen-bond acceptors (Lipinski definition) is 3. The van der Waals surface area contributed by atoms with E-state index >= 15 is 0 Å². The van der Waals surface area contributed by atoms with Crippen molar-refractivity contribution in [2.75, 3.05) is 0 Å². The van der Waals surface area contributed by atoms with Gasteiger partial charge in [0.2, 0.25) is 0 Å². The van der Waals surface area contributed by atoms with Crippen molar-refractivity contribution >= 4 is 0 Å². The van der Waals surface area contributed by atoms with Gasteiger partial charge in [0.1, 0.15) is 5.69 Å². The zero-order valence-corrected chi connectivity index (χ0v) is 7.68. The average molecular weight is 184 g/mol. The molecule has 2 aromatic heterocycles. The summed E-state index contributed by atoms with van der Waals surface area (Å²) in [5.41, 5.74) is 1.54. The minimum atomic E-state index is 0.663. The predicted octanol–water partition coefficient (Wildman–Crippen LogP) is 0.610. The molecule has 2 aromatic rings. The molecule has 68 valence electrons. The molecular weight excluding hydrogens is 176 g/mol. The summed E-state index contributed by atoms with van der Waals surface area (Å²) in [6, 6.07) is 0. The van der Waals surface area contributed by atoms with E-state index in [1.54, 1.807) is 29.5 Å². The smallest absolute Gasteiger partial charge is 0.131 e. The van der Waals surface area contributed by atoms with E-state index in [0.29, 0.717) is 5.69 Å². The first-order chi connectivity index (χ1) is 6.84. The number of nitrogens with zero attached hydrogens (tertiary/aromatic N) is 4. The van der Waals surface area contributed by atoms with Crippen molar-refractivity contribution in [1.29, 1.82) is 0 Å². The third-order valence-corrected chi connectivity index (χ3v) is 1.60. The van der Waals surface area contributed by atoms with Crippen LogP contribution < -0.4 is 0 Å². The predicted molar refractivity (Wildman–Crippen MR) is 51.2 cm³/mol. The zero-order chi connectivity index (χ0) is 9.80. The monoisotopic (exact) mass is 184 g/mol. The second kappa shape index (κ2) is 3.71. The fourth-order valence-electron chi connectivity index (χ4n) is 0.986. The van der Waals surface area contributed by atoms with E-state index in [4.69, 9.17) is 0 Å². The van der Waals surface area contributed by atoms with Gasteiger partial charge in [-0.3, -0.25) is 9.67 Å². The molecule has 14 heavy (non-hydrogen) atoms. The molecule has 0 unspecified atom stereocenters. The Morgan fingerprint density at radius 1 is 1.21 bits per heavy atom. The molecule has 2 rings (SSSR count). The van der Waals surface area contributed by atoms with Crippen LogP contribution in [0.4, 0.5) is 0 Å². The second-order valence-electron chi connectivity index (χ2n) is 2.74. The molecule has 4 heteroatoms. The third kappa shape index (κ3) is 1.96. The maximum Gasteiger partial charge on any atom is 0.131 e. The van der Waals surface area contributed by atoms with Gasteiger partial charge in [-0.1, -0.05) is 5.92 Å². The Hall–Kier alpha value is -2.15. The van der Waals surface area contributed by atoms with Crippen LogP contribution >= 0.6 is 0 Å². The molecule has 0 saturated carbocycles. The van der Waals surface area contributed by atoms with Gasteiger partial charge in [-0.05, 0) is 5.92 Å². The van der Waals surface area contributed by atoms with E-state index in [-0.39, 0.29) is 0 Å². The fraction of sp³-hybridized carbons (Fsp3) is 0.100. The Bertz CT molecular complexity index is 476. The second-order valence-corrected chi connectivity index (χ2v) is 2.74. The average Bonchev–Trinajstić information content (AvgIpc) is 2.63. The molecule has 0 amide bonds. The Morgan fingerprint density at radius 2 is 2.14 bits per heavy atom. The molecular formula is C10H8N4. The summed E-state index contributed by atoms with van der Waals surface area (Å²) in [5.74, 6) is 5.84. The lowest BCUT2D eigenvalue weighted by Crippen LogP contribution is -1.84. The quantitative estimate of drug-likeness (QED) is 0.563. The molecule has 0 aliphatic heterocycles. The lowest BCUT2D eigenvalue weighted by molar-refractivity contribution is 0.767. The van der Waals surface area contributed by atoms with Crippen molar-refractivity contribution in [3.8, 4) is 11.8 Å². The van der Waals surface area contributed by atoms with Crippen molar-refractivity contribution in [3.05, 3.63) is 42.2 Å². The Morgan fingerprint density at radius 3 is 2.79 bits per heavy atom. The van der Waals surface area contributed by atoms with Gasteiger partial charge in [0.05, 0.1) is 18.0 Å². The molecule has 0 aliphatic rings. The Balaban J connectivity index is 2.23. The highest BCUT2D eigenvalue weighted by molar-refractivity contribution is 5.36. The van der Waals surface area contributed by atoms with E-state index in [2.05, 4.69) is 26.9 Å². The van der Waals surface area contributed by atoms with Gasteiger partial charge >= 0.3 is 0 Å². The molecule has 0 N–H and O–H groups in total. The van der Waals surface area contributed by atoms with Gasteiger partial charge in [0.25, 0.3) is 0 Å². The minimum Gasteiger partial charge on any atom is -0.275 e. The van der Waals surface area contributed by atoms with Crippen molar-refractivity contribution in [1.82, 2.24) is 19.7 Å². The Kier molecular flexibility index (Phi) is 2.24. The summed E-state index contributed by atoms with van der Waals surface area (Å²) in [6.45, 7) is 0.